The molecular weight excluding hydrogens is 174 g/mol. The summed E-state index contributed by atoms with van der Waals surface area (Å²) in [7, 11) is 1.67. The first-order valence-corrected chi connectivity index (χ1v) is 4.69. The van der Waals surface area contributed by atoms with Crippen molar-refractivity contribution in [3.8, 4) is 18.1 Å². The van der Waals surface area contributed by atoms with E-state index in [1.54, 1.807) is 7.11 Å². The van der Waals surface area contributed by atoms with Crippen LogP contribution in [-0.4, -0.2) is 13.7 Å². The van der Waals surface area contributed by atoms with Crippen molar-refractivity contribution >= 4 is 5.69 Å². The summed E-state index contributed by atoms with van der Waals surface area (Å²) >= 11 is 0. The summed E-state index contributed by atoms with van der Waals surface area (Å²) in [5.74, 6) is 3.48. The number of hydrogen-bond donors (Lipinski definition) is 1. The molecule has 1 N–H and O–H groups in total. The molecule has 0 spiro atoms. The van der Waals surface area contributed by atoms with E-state index in [1.165, 1.54) is 0 Å². The molecule has 0 bridgehead atoms. The Kier molecular flexibility index (Phi) is 4.43. The van der Waals surface area contributed by atoms with E-state index in [4.69, 9.17) is 11.2 Å². The van der Waals surface area contributed by atoms with Gasteiger partial charge in [0.05, 0.1) is 12.8 Å². The Labute approximate surface area is 85.3 Å². The Morgan fingerprint density at radius 3 is 2.93 bits per heavy atom. The third kappa shape index (κ3) is 3.02. The van der Waals surface area contributed by atoms with E-state index in [-0.39, 0.29) is 0 Å². The second kappa shape index (κ2) is 5.93. The molecule has 0 aliphatic heterocycles. The predicted molar refractivity (Wildman–Crippen MR) is 59.6 cm³/mol. The lowest BCUT2D eigenvalue weighted by atomic mass is 10.2. The molecule has 0 unspecified atom stereocenters. The summed E-state index contributed by atoms with van der Waals surface area (Å²) in [6.07, 6.45) is 6.95. The molecule has 1 aromatic carbocycles. The highest BCUT2D eigenvalue weighted by Gasteiger charge is 1.98. The van der Waals surface area contributed by atoms with Crippen LogP contribution in [0, 0.1) is 12.3 Å². The molecule has 74 valence electrons. The molecule has 0 aromatic heterocycles. The summed E-state index contributed by atoms with van der Waals surface area (Å²) < 4.78 is 5.20. The topological polar surface area (TPSA) is 21.3 Å². The van der Waals surface area contributed by atoms with Crippen molar-refractivity contribution < 1.29 is 4.74 Å². The van der Waals surface area contributed by atoms with Gasteiger partial charge in [0.15, 0.2) is 0 Å². The summed E-state index contributed by atoms with van der Waals surface area (Å²) in [5.41, 5.74) is 1.02. The molecule has 0 saturated heterocycles. The molecule has 0 fully saturated rings. The lowest BCUT2D eigenvalue weighted by Gasteiger charge is -2.09. The van der Waals surface area contributed by atoms with Gasteiger partial charge in [-0.05, 0) is 18.6 Å². The lowest BCUT2D eigenvalue weighted by molar-refractivity contribution is 0.416. The van der Waals surface area contributed by atoms with E-state index in [0.717, 1.165) is 30.8 Å². The van der Waals surface area contributed by atoms with Crippen LogP contribution in [0.5, 0.6) is 5.75 Å². The van der Waals surface area contributed by atoms with Crippen LogP contribution in [0.3, 0.4) is 0 Å². The smallest absolute Gasteiger partial charge is 0.141 e. The van der Waals surface area contributed by atoms with Gasteiger partial charge in [-0.25, -0.2) is 0 Å². The molecule has 0 aliphatic rings. The first kappa shape index (κ1) is 10.5. The van der Waals surface area contributed by atoms with Gasteiger partial charge < -0.3 is 10.1 Å². The third-order valence-electron chi connectivity index (χ3n) is 1.92. The fourth-order valence-electron chi connectivity index (χ4n) is 1.20. The van der Waals surface area contributed by atoms with E-state index in [9.17, 15) is 0 Å². The molecule has 0 heterocycles. The van der Waals surface area contributed by atoms with Gasteiger partial charge in [0.25, 0.3) is 0 Å². The normalized spacial score (nSPS) is 9.14. The summed E-state index contributed by atoms with van der Waals surface area (Å²) in [4.78, 5) is 0. The first-order chi connectivity index (χ1) is 6.88. The number of rotatable bonds is 5. The van der Waals surface area contributed by atoms with Gasteiger partial charge in [-0.1, -0.05) is 12.1 Å². The summed E-state index contributed by atoms with van der Waals surface area (Å²) in [5, 5.41) is 3.28. The van der Waals surface area contributed by atoms with E-state index in [0.29, 0.717) is 0 Å². The Morgan fingerprint density at radius 1 is 1.43 bits per heavy atom. The minimum Gasteiger partial charge on any atom is -0.495 e. The minimum atomic E-state index is 0.808. The maximum Gasteiger partial charge on any atom is 0.141 e. The third-order valence-corrected chi connectivity index (χ3v) is 1.92. The fraction of sp³-hybridized carbons (Fsp3) is 0.333. The van der Waals surface area contributed by atoms with Crippen LogP contribution in [0.1, 0.15) is 12.8 Å². The van der Waals surface area contributed by atoms with E-state index < -0.39 is 0 Å². The molecule has 0 radical (unpaired) electrons. The van der Waals surface area contributed by atoms with Crippen molar-refractivity contribution in [3.05, 3.63) is 24.3 Å². The number of unbranched alkanes of at least 4 members (excludes halogenated alkanes) is 1. The van der Waals surface area contributed by atoms with Gasteiger partial charge in [0, 0.05) is 13.0 Å². The molecule has 0 aliphatic carbocycles. The number of benzene rings is 1. The average Bonchev–Trinajstić information content (AvgIpc) is 2.25. The molecule has 0 saturated carbocycles. The van der Waals surface area contributed by atoms with Crippen molar-refractivity contribution in [2.75, 3.05) is 19.0 Å². The summed E-state index contributed by atoms with van der Waals surface area (Å²) in [6.45, 7) is 0.880. The zero-order chi connectivity index (χ0) is 10.2. The number of ether oxygens (including phenoxy) is 1. The van der Waals surface area contributed by atoms with Crippen LogP contribution in [0.25, 0.3) is 0 Å². The molecule has 14 heavy (non-hydrogen) atoms. The van der Waals surface area contributed by atoms with Gasteiger partial charge >= 0.3 is 0 Å². The second-order valence-corrected chi connectivity index (χ2v) is 2.93. The van der Waals surface area contributed by atoms with E-state index >= 15 is 0 Å². The largest absolute Gasteiger partial charge is 0.495 e. The monoisotopic (exact) mass is 189 g/mol. The van der Waals surface area contributed by atoms with Crippen LogP contribution in [0.4, 0.5) is 5.69 Å². The number of para-hydroxylation sites is 2. The Morgan fingerprint density at radius 2 is 2.21 bits per heavy atom. The van der Waals surface area contributed by atoms with Gasteiger partial charge in [-0.15, -0.1) is 12.3 Å². The van der Waals surface area contributed by atoms with Crippen LogP contribution < -0.4 is 10.1 Å². The predicted octanol–water partition coefficient (Wildman–Crippen LogP) is 2.52. The van der Waals surface area contributed by atoms with Crippen molar-refractivity contribution in [2.24, 2.45) is 0 Å². The fourth-order valence-corrected chi connectivity index (χ4v) is 1.20. The maximum atomic E-state index is 5.20. The average molecular weight is 189 g/mol. The lowest BCUT2D eigenvalue weighted by Crippen LogP contribution is -2.02. The Bertz CT molecular complexity index is 314. The SMILES string of the molecule is C#CCCCNc1ccccc1OC. The maximum absolute atomic E-state index is 5.20. The second-order valence-electron chi connectivity index (χ2n) is 2.93. The molecule has 1 rings (SSSR count). The van der Waals surface area contributed by atoms with Gasteiger partial charge in [0.2, 0.25) is 0 Å². The highest BCUT2D eigenvalue weighted by molar-refractivity contribution is 5.55. The molecular formula is C12H15NO. The minimum absolute atomic E-state index is 0.808. The Hall–Kier alpha value is -1.62. The van der Waals surface area contributed by atoms with Gasteiger partial charge in [-0.3, -0.25) is 0 Å². The Balaban J connectivity index is 2.46. The van der Waals surface area contributed by atoms with E-state index in [2.05, 4.69) is 11.2 Å². The van der Waals surface area contributed by atoms with Crippen LogP contribution >= 0.6 is 0 Å². The molecule has 2 nitrogen and oxygen atoms in total. The van der Waals surface area contributed by atoms with Crippen LogP contribution in [0.2, 0.25) is 0 Å². The molecule has 1 aromatic rings. The van der Waals surface area contributed by atoms with E-state index in [1.807, 2.05) is 24.3 Å². The number of nitrogens with one attached hydrogen (secondary N) is 1. The van der Waals surface area contributed by atoms with Crippen molar-refractivity contribution in [1.82, 2.24) is 0 Å². The molecule has 0 amide bonds. The highest BCUT2D eigenvalue weighted by Crippen LogP contribution is 2.22. The summed E-state index contributed by atoms with van der Waals surface area (Å²) in [6, 6.07) is 7.86. The zero-order valence-electron chi connectivity index (χ0n) is 8.42. The number of methoxy groups -OCH3 is 1. The quantitative estimate of drug-likeness (QED) is 0.567. The highest BCUT2D eigenvalue weighted by atomic mass is 16.5. The number of terminal acetylenes is 1. The number of anilines is 1. The van der Waals surface area contributed by atoms with Gasteiger partial charge in [-0.2, -0.15) is 0 Å². The van der Waals surface area contributed by atoms with Gasteiger partial charge in [0.1, 0.15) is 5.75 Å². The molecule has 0 atom stereocenters. The number of hydrogen-bond acceptors (Lipinski definition) is 2. The first-order valence-electron chi connectivity index (χ1n) is 4.69. The standard InChI is InChI=1S/C12H15NO/c1-3-4-7-10-13-11-8-5-6-9-12(11)14-2/h1,5-6,8-9,13H,4,7,10H2,2H3. The van der Waals surface area contributed by atoms with Crippen LogP contribution in [0.15, 0.2) is 24.3 Å². The molecule has 2 heteroatoms. The van der Waals surface area contributed by atoms with Crippen LogP contribution in [-0.2, 0) is 0 Å². The van der Waals surface area contributed by atoms with Crippen molar-refractivity contribution in [2.45, 2.75) is 12.8 Å². The van der Waals surface area contributed by atoms with Crippen molar-refractivity contribution in [3.63, 3.8) is 0 Å². The zero-order valence-corrected chi connectivity index (χ0v) is 8.42. The van der Waals surface area contributed by atoms with Crippen molar-refractivity contribution in [1.29, 1.82) is 0 Å².